The van der Waals surface area contributed by atoms with Gasteiger partial charge in [0.2, 0.25) is 0 Å². The molecule has 0 aromatic heterocycles. The lowest BCUT2D eigenvalue weighted by molar-refractivity contribution is -0.0727. The normalized spacial score (nSPS) is 26.2. The van der Waals surface area contributed by atoms with Crippen LogP contribution in [0.15, 0.2) is 47.6 Å². The lowest BCUT2D eigenvalue weighted by Gasteiger charge is -2.57. The van der Waals surface area contributed by atoms with Gasteiger partial charge in [0.05, 0.1) is 12.2 Å². The minimum Gasteiger partial charge on any atom is -0.388 e. The average Bonchev–Trinajstić information content (AvgIpc) is 2.57. The molecule has 0 aromatic carbocycles. The van der Waals surface area contributed by atoms with Crippen LogP contribution in [0.5, 0.6) is 0 Å². The van der Waals surface area contributed by atoms with E-state index in [1.54, 1.807) is 0 Å². The molecule has 2 aliphatic rings. The van der Waals surface area contributed by atoms with Crippen LogP contribution < -0.4 is 0 Å². The maximum atomic E-state index is 11.3. The Morgan fingerprint density at radius 3 is 0.970 bits per heavy atom. The average molecular weight is 457 g/mol. The summed E-state index contributed by atoms with van der Waals surface area (Å²) in [6.07, 6.45) is 11.9. The van der Waals surface area contributed by atoms with Gasteiger partial charge in [0, 0.05) is 16.2 Å². The number of aliphatic hydroxyl groups is 2. The third kappa shape index (κ3) is 4.14. The van der Waals surface area contributed by atoms with Gasteiger partial charge >= 0.3 is 0 Å². The van der Waals surface area contributed by atoms with Gasteiger partial charge in [0.25, 0.3) is 0 Å². The second-order valence-corrected chi connectivity index (χ2v) is 15.2. The van der Waals surface area contributed by atoms with Crippen molar-refractivity contribution in [3.05, 3.63) is 47.6 Å². The maximum Gasteiger partial charge on any atom is 0.0824 e. The van der Waals surface area contributed by atoms with Gasteiger partial charge in [-0.3, -0.25) is 0 Å². The Bertz CT molecular complexity index is 764. The molecule has 2 atom stereocenters. The second-order valence-electron chi connectivity index (χ2n) is 15.2. The van der Waals surface area contributed by atoms with Gasteiger partial charge in [0.15, 0.2) is 0 Å². The first kappa shape index (κ1) is 28.1. The molecule has 2 nitrogen and oxygen atoms in total. The molecule has 0 saturated carbocycles. The van der Waals surface area contributed by atoms with Crippen LogP contribution in [-0.4, -0.2) is 22.4 Å². The molecule has 0 aliphatic heterocycles. The van der Waals surface area contributed by atoms with Crippen LogP contribution in [0.3, 0.4) is 0 Å². The van der Waals surface area contributed by atoms with E-state index >= 15 is 0 Å². The van der Waals surface area contributed by atoms with Crippen molar-refractivity contribution in [3.8, 4) is 0 Å². The van der Waals surface area contributed by atoms with Crippen molar-refractivity contribution in [1.29, 1.82) is 0 Å². The molecule has 33 heavy (non-hydrogen) atoms. The van der Waals surface area contributed by atoms with E-state index in [1.165, 1.54) is 11.1 Å². The molecule has 0 bridgehead atoms. The number of hydrogen-bond acceptors (Lipinski definition) is 2. The summed E-state index contributed by atoms with van der Waals surface area (Å²) in [7, 11) is 0. The molecule has 2 N–H and O–H groups in total. The smallest absolute Gasteiger partial charge is 0.0824 e. The molecule has 2 heteroatoms. The molecule has 0 heterocycles. The summed E-state index contributed by atoms with van der Waals surface area (Å²) in [5.41, 5.74) is 0.805. The number of hydrogen-bond donors (Lipinski definition) is 2. The van der Waals surface area contributed by atoms with E-state index in [9.17, 15) is 10.2 Å². The fourth-order valence-electron chi connectivity index (χ4n) is 7.29. The molecule has 0 fully saturated rings. The van der Waals surface area contributed by atoms with Gasteiger partial charge in [-0.1, -0.05) is 133 Å². The minimum atomic E-state index is -0.544. The summed E-state index contributed by atoms with van der Waals surface area (Å²) in [6, 6.07) is 0. The Morgan fingerprint density at radius 2 is 0.758 bits per heavy atom. The third-order valence-electron chi connectivity index (χ3n) is 9.02. The van der Waals surface area contributed by atoms with Crippen molar-refractivity contribution < 1.29 is 10.2 Å². The molecular formula is C31H52O2. The van der Waals surface area contributed by atoms with Crippen LogP contribution in [0, 0.1) is 37.9 Å². The lowest BCUT2D eigenvalue weighted by Crippen LogP contribution is -2.54. The highest BCUT2D eigenvalue weighted by Gasteiger charge is 2.57. The van der Waals surface area contributed by atoms with Crippen LogP contribution >= 0.6 is 0 Å². The van der Waals surface area contributed by atoms with Crippen molar-refractivity contribution in [2.45, 2.75) is 109 Å². The van der Waals surface area contributed by atoms with Gasteiger partial charge in [-0.25, -0.2) is 0 Å². The fourth-order valence-corrected chi connectivity index (χ4v) is 7.29. The summed E-state index contributed by atoms with van der Waals surface area (Å²) >= 11 is 0. The molecule has 2 aliphatic carbocycles. The Balaban J connectivity index is 2.80. The quantitative estimate of drug-likeness (QED) is 0.443. The van der Waals surface area contributed by atoms with E-state index in [2.05, 4.69) is 121 Å². The van der Waals surface area contributed by atoms with Crippen LogP contribution in [0.25, 0.3) is 0 Å². The standard InChI is InChI=1S/C31H52O2/c1-25(2,3)30(26(4,5)6)19-21(15-17-23(30)32)29(13,14)22-16-18-24(33)31(20-22,27(7,8)9)28(10,11)12/h15-20,23-24,32-33H,1-14H3. The van der Waals surface area contributed by atoms with Crippen LogP contribution in [0.2, 0.25) is 0 Å². The molecule has 2 rings (SSSR count). The molecule has 2 unspecified atom stereocenters. The predicted molar refractivity (Wildman–Crippen MR) is 143 cm³/mol. The van der Waals surface area contributed by atoms with Crippen LogP contribution in [0.4, 0.5) is 0 Å². The summed E-state index contributed by atoms with van der Waals surface area (Å²) in [5.74, 6) is 0. The molecule has 0 radical (unpaired) electrons. The Morgan fingerprint density at radius 1 is 0.515 bits per heavy atom. The Kier molecular flexibility index (Phi) is 6.78. The van der Waals surface area contributed by atoms with Crippen LogP contribution in [-0.2, 0) is 0 Å². The topological polar surface area (TPSA) is 40.5 Å². The largest absolute Gasteiger partial charge is 0.388 e. The van der Waals surface area contributed by atoms with Gasteiger partial charge < -0.3 is 10.2 Å². The first-order valence-corrected chi connectivity index (χ1v) is 12.7. The fraction of sp³-hybridized carbons (Fsp3) is 0.742. The first-order valence-electron chi connectivity index (χ1n) is 12.7. The lowest BCUT2D eigenvalue weighted by atomic mass is 9.48. The van der Waals surface area contributed by atoms with Crippen molar-refractivity contribution in [3.63, 3.8) is 0 Å². The predicted octanol–water partition coefficient (Wildman–Crippen LogP) is 7.88. The van der Waals surface area contributed by atoms with E-state index in [-0.39, 0.29) is 27.1 Å². The zero-order chi connectivity index (χ0) is 26.1. The highest BCUT2D eigenvalue weighted by molar-refractivity contribution is 5.48. The van der Waals surface area contributed by atoms with Crippen molar-refractivity contribution in [1.82, 2.24) is 0 Å². The highest BCUT2D eigenvalue weighted by atomic mass is 16.3. The number of allylic oxidation sites excluding steroid dienone is 4. The zero-order valence-corrected chi connectivity index (χ0v) is 24.0. The van der Waals surface area contributed by atoms with Crippen molar-refractivity contribution in [2.75, 3.05) is 0 Å². The molecule has 0 saturated heterocycles. The second kappa shape index (κ2) is 7.95. The molecule has 0 spiro atoms. The highest BCUT2D eigenvalue weighted by Crippen LogP contribution is 2.61. The van der Waals surface area contributed by atoms with Gasteiger partial charge in [-0.15, -0.1) is 0 Å². The molecule has 0 aromatic rings. The summed E-state index contributed by atoms with van der Waals surface area (Å²) in [6.45, 7) is 31.4. The SMILES string of the molecule is CC(C)(C1=CC(C(C)(C)C)(C(C)(C)C)C(O)C=C1)C1=CC(C(C)(C)C)(C(C)(C)C)C(O)C=C1. The maximum absolute atomic E-state index is 11.3. The van der Waals surface area contributed by atoms with Crippen molar-refractivity contribution >= 4 is 0 Å². The third-order valence-corrected chi connectivity index (χ3v) is 9.02. The van der Waals surface area contributed by atoms with E-state index in [0.717, 1.165) is 0 Å². The summed E-state index contributed by atoms with van der Waals surface area (Å²) in [5, 5.41) is 22.6. The van der Waals surface area contributed by atoms with Crippen molar-refractivity contribution in [2.24, 2.45) is 37.9 Å². The van der Waals surface area contributed by atoms with E-state index < -0.39 is 23.0 Å². The van der Waals surface area contributed by atoms with Gasteiger partial charge in [-0.05, 0) is 32.8 Å². The molecule has 0 amide bonds. The summed E-state index contributed by atoms with van der Waals surface area (Å²) in [4.78, 5) is 0. The summed E-state index contributed by atoms with van der Waals surface area (Å²) < 4.78 is 0. The first-order chi connectivity index (χ1) is 14.5. The van der Waals surface area contributed by atoms with Crippen LogP contribution in [0.1, 0.15) is 96.9 Å². The zero-order valence-electron chi connectivity index (χ0n) is 24.0. The monoisotopic (exact) mass is 456 g/mol. The number of aliphatic hydroxyl groups excluding tert-OH is 2. The number of rotatable bonds is 2. The Hall–Kier alpha value is -1.12. The molecule has 188 valence electrons. The van der Waals surface area contributed by atoms with E-state index in [0.29, 0.717) is 0 Å². The minimum absolute atomic E-state index is 0.135. The molecular weight excluding hydrogens is 404 g/mol. The van der Waals surface area contributed by atoms with Gasteiger partial charge in [-0.2, -0.15) is 0 Å². The Labute approximate surface area is 205 Å². The van der Waals surface area contributed by atoms with E-state index in [4.69, 9.17) is 0 Å². The van der Waals surface area contributed by atoms with Gasteiger partial charge in [0.1, 0.15) is 0 Å². The van der Waals surface area contributed by atoms with E-state index in [1.807, 2.05) is 12.2 Å².